The van der Waals surface area contributed by atoms with Gasteiger partial charge in [-0.05, 0) is 13.0 Å². The van der Waals surface area contributed by atoms with E-state index in [9.17, 15) is 0 Å². The van der Waals surface area contributed by atoms with Crippen molar-refractivity contribution in [1.82, 2.24) is 19.7 Å². The van der Waals surface area contributed by atoms with Gasteiger partial charge in [-0.15, -0.1) is 0 Å². The summed E-state index contributed by atoms with van der Waals surface area (Å²) in [5.41, 5.74) is 2.07. The standard InChI is InChI=1S/C13H18ClN5/c1-4-11-17-12(14)9(2)13(18-11)15-7-5-10-6-8-16-19(10)3/h6,8H,4-5,7H2,1-3H3,(H,15,17,18). The molecule has 5 nitrogen and oxygen atoms in total. The lowest BCUT2D eigenvalue weighted by Crippen LogP contribution is -2.12. The maximum absolute atomic E-state index is 6.10. The highest BCUT2D eigenvalue weighted by molar-refractivity contribution is 6.30. The van der Waals surface area contributed by atoms with Crippen LogP contribution in [-0.2, 0) is 19.9 Å². The molecule has 0 atom stereocenters. The van der Waals surface area contributed by atoms with Crippen LogP contribution in [0.5, 0.6) is 0 Å². The van der Waals surface area contributed by atoms with Crippen LogP contribution < -0.4 is 5.32 Å². The average Bonchev–Trinajstić information content (AvgIpc) is 2.80. The van der Waals surface area contributed by atoms with Gasteiger partial charge in [0.2, 0.25) is 0 Å². The van der Waals surface area contributed by atoms with Crippen LogP contribution in [0.3, 0.4) is 0 Å². The zero-order chi connectivity index (χ0) is 13.8. The van der Waals surface area contributed by atoms with Gasteiger partial charge in [-0.2, -0.15) is 5.10 Å². The second-order valence-electron chi connectivity index (χ2n) is 4.38. The van der Waals surface area contributed by atoms with Crippen LogP contribution in [0.25, 0.3) is 0 Å². The quantitative estimate of drug-likeness (QED) is 0.854. The molecule has 6 heteroatoms. The predicted molar refractivity (Wildman–Crippen MR) is 76.6 cm³/mol. The Morgan fingerprint density at radius 3 is 2.79 bits per heavy atom. The van der Waals surface area contributed by atoms with Gasteiger partial charge >= 0.3 is 0 Å². The highest BCUT2D eigenvalue weighted by Crippen LogP contribution is 2.19. The minimum absolute atomic E-state index is 0.523. The Kier molecular flexibility index (Phi) is 4.37. The van der Waals surface area contributed by atoms with Crippen LogP contribution >= 0.6 is 11.6 Å². The van der Waals surface area contributed by atoms with Crippen LogP contribution in [-0.4, -0.2) is 26.3 Å². The first-order valence-corrected chi connectivity index (χ1v) is 6.73. The highest BCUT2D eigenvalue weighted by atomic mass is 35.5. The van der Waals surface area contributed by atoms with Crippen LogP contribution in [0.2, 0.25) is 5.15 Å². The molecule has 0 bridgehead atoms. The molecule has 0 aliphatic heterocycles. The molecule has 2 heterocycles. The third kappa shape index (κ3) is 3.23. The highest BCUT2D eigenvalue weighted by Gasteiger charge is 2.08. The van der Waals surface area contributed by atoms with Crippen molar-refractivity contribution >= 4 is 17.4 Å². The number of nitrogens with zero attached hydrogens (tertiary/aromatic N) is 4. The first kappa shape index (κ1) is 13.8. The molecule has 0 aliphatic rings. The van der Waals surface area contributed by atoms with E-state index in [0.29, 0.717) is 5.15 Å². The summed E-state index contributed by atoms with van der Waals surface area (Å²) in [6.07, 6.45) is 3.47. The molecule has 2 rings (SSSR count). The van der Waals surface area contributed by atoms with Gasteiger partial charge in [-0.1, -0.05) is 18.5 Å². The first-order chi connectivity index (χ1) is 9.11. The van der Waals surface area contributed by atoms with E-state index < -0.39 is 0 Å². The molecule has 0 amide bonds. The van der Waals surface area contributed by atoms with E-state index in [2.05, 4.69) is 20.4 Å². The normalized spacial score (nSPS) is 10.7. The Hall–Kier alpha value is -1.62. The number of aryl methyl sites for hydroxylation is 2. The second-order valence-corrected chi connectivity index (χ2v) is 4.74. The number of hydrogen-bond donors (Lipinski definition) is 1. The van der Waals surface area contributed by atoms with Gasteiger partial charge in [0.25, 0.3) is 0 Å². The Bertz CT molecular complexity index is 564. The Labute approximate surface area is 118 Å². The van der Waals surface area contributed by atoms with Crippen molar-refractivity contribution in [3.8, 4) is 0 Å². The third-order valence-corrected chi connectivity index (χ3v) is 3.41. The zero-order valence-electron chi connectivity index (χ0n) is 11.4. The number of hydrogen-bond acceptors (Lipinski definition) is 4. The molecule has 0 spiro atoms. The predicted octanol–water partition coefficient (Wildman–Crippen LogP) is 2.39. The van der Waals surface area contributed by atoms with Gasteiger partial charge in [-0.3, -0.25) is 4.68 Å². The monoisotopic (exact) mass is 279 g/mol. The number of anilines is 1. The van der Waals surface area contributed by atoms with Crippen molar-refractivity contribution in [2.24, 2.45) is 7.05 Å². The molecule has 2 aromatic heterocycles. The first-order valence-electron chi connectivity index (χ1n) is 6.35. The van der Waals surface area contributed by atoms with E-state index in [4.69, 9.17) is 11.6 Å². The van der Waals surface area contributed by atoms with Crippen LogP contribution in [0.4, 0.5) is 5.82 Å². The summed E-state index contributed by atoms with van der Waals surface area (Å²) in [5, 5.41) is 7.98. The zero-order valence-corrected chi connectivity index (χ0v) is 12.2. The summed E-state index contributed by atoms with van der Waals surface area (Å²) in [6.45, 7) is 4.73. The number of halogens is 1. The molecule has 0 fully saturated rings. The molecule has 0 saturated carbocycles. The molecule has 0 radical (unpaired) electrons. The summed E-state index contributed by atoms with van der Waals surface area (Å²) in [7, 11) is 1.94. The maximum Gasteiger partial charge on any atom is 0.137 e. The molecule has 2 aromatic rings. The van der Waals surface area contributed by atoms with Crippen molar-refractivity contribution < 1.29 is 0 Å². The minimum Gasteiger partial charge on any atom is -0.369 e. The second kappa shape index (κ2) is 6.02. The Morgan fingerprint density at radius 1 is 1.37 bits per heavy atom. The van der Waals surface area contributed by atoms with Gasteiger partial charge in [0.1, 0.15) is 16.8 Å². The minimum atomic E-state index is 0.523. The fourth-order valence-electron chi connectivity index (χ4n) is 1.82. The third-order valence-electron chi connectivity index (χ3n) is 3.04. The van der Waals surface area contributed by atoms with Crippen molar-refractivity contribution in [1.29, 1.82) is 0 Å². The molecular formula is C13H18ClN5. The summed E-state index contributed by atoms with van der Waals surface area (Å²) in [4.78, 5) is 8.69. The molecule has 0 aromatic carbocycles. The van der Waals surface area contributed by atoms with Gasteiger partial charge in [0.05, 0.1) is 0 Å². The lowest BCUT2D eigenvalue weighted by atomic mass is 10.3. The summed E-state index contributed by atoms with van der Waals surface area (Å²) >= 11 is 6.10. The summed E-state index contributed by atoms with van der Waals surface area (Å²) in [6, 6.07) is 2.01. The summed E-state index contributed by atoms with van der Waals surface area (Å²) in [5.74, 6) is 1.58. The lowest BCUT2D eigenvalue weighted by molar-refractivity contribution is 0.710. The molecule has 19 heavy (non-hydrogen) atoms. The molecule has 102 valence electrons. The van der Waals surface area contributed by atoms with E-state index in [0.717, 1.165) is 36.6 Å². The number of nitrogens with one attached hydrogen (secondary N) is 1. The van der Waals surface area contributed by atoms with Gasteiger partial charge in [0.15, 0.2) is 0 Å². The summed E-state index contributed by atoms with van der Waals surface area (Å²) < 4.78 is 1.87. The molecule has 0 unspecified atom stereocenters. The van der Waals surface area contributed by atoms with E-state index >= 15 is 0 Å². The van der Waals surface area contributed by atoms with Gasteiger partial charge in [-0.25, -0.2) is 9.97 Å². The molecular weight excluding hydrogens is 262 g/mol. The van der Waals surface area contributed by atoms with Crippen molar-refractivity contribution in [2.75, 3.05) is 11.9 Å². The van der Waals surface area contributed by atoms with Crippen molar-refractivity contribution in [3.05, 3.63) is 34.5 Å². The Morgan fingerprint density at radius 2 is 2.16 bits per heavy atom. The van der Waals surface area contributed by atoms with E-state index in [1.54, 1.807) is 6.20 Å². The van der Waals surface area contributed by atoms with Crippen LogP contribution in [0.15, 0.2) is 12.3 Å². The Balaban J connectivity index is 2.03. The van der Waals surface area contributed by atoms with Crippen LogP contribution in [0.1, 0.15) is 24.0 Å². The molecule has 0 aliphatic carbocycles. The maximum atomic E-state index is 6.10. The lowest BCUT2D eigenvalue weighted by Gasteiger charge is -2.11. The smallest absolute Gasteiger partial charge is 0.137 e. The SMILES string of the molecule is CCc1nc(Cl)c(C)c(NCCc2ccnn2C)n1. The van der Waals surface area contributed by atoms with Gasteiger partial charge in [0, 0.05) is 43.9 Å². The van der Waals surface area contributed by atoms with Gasteiger partial charge < -0.3 is 5.32 Å². The van der Waals surface area contributed by atoms with Crippen LogP contribution in [0, 0.1) is 6.92 Å². The average molecular weight is 280 g/mol. The molecule has 1 N–H and O–H groups in total. The van der Waals surface area contributed by atoms with Crippen molar-refractivity contribution in [3.63, 3.8) is 0 Å². The number of aromatic nitrogens is 4. The van der Waals surface area contributed by atoms with Crippen molar-refractivity contribution in [2.45, 2.75) is 26.7 Å². The fraction of sp³-hybridized carbons (Fsp3) is 0.462. The largest absolute Gasteiger partial charge is 0.369 e. The number of rotatable bonds is 5. The van der Waals surface area contributed by atoms with E-state index in [-0.39, 0.29) is 0 Å². The van der Waals surface area contributed by atoms with E-state index in [1.165, 1.54) is 5.69 Å². The fourth-order valence-corrected chi connectivity index (χ4v) is 2.01. The van der Waals surface area contributed by atoms with E-state index in [1.807, 2.05) is 31.6 Å². The molecule has 0 saturated heterocycles. The topological polar surface area (TPSA) is 55.6 Å².